The van der Waals surface area contributed by atoms with Crippen molar-refractivity contribution in [3.05, 3.63) is 65.5 Å². The third-order valence-electron chi connectivity index (χ3n) is 4.93. The summed E-state index contributed by atoms with van der Waals surface area (Å²) in [7, 11) is 0. The molecule has 2 amide bonds. The zero-order chi connectivity index (χ0) is 19.1. The summed E-state index contributed by atoms with van der Waals surface area (Å²) in [5.41, 5.74) is 8.41. The van der Waals surface area contributed by atoms with E-state index in [0.717, 1.165) is 24.9 Å². The van der Waals surface area contributed by atoms with Crippen molar-refractivity contribution in [2.45, 2.75) is 31.8 Å². The Labute approximate surface area is 159 Å². The van der Waals surface area contributed by atoms with E-state index in [9.17, 15) is 9.18 Å². The number of nitrogens with zero attached hydrogens (tertiary/aromatic N) is 1. The number of nitrogens with two attached hydrogens (primary N) is 1. The molecule has 1 aliphatic heterocycles. The SMILES string of the molecule is NCCc1ccc(NC2CCN(C(=O)NCc3ccccc3F)CC2)cc1. The van der Waals surface area contributed by atoms with Gasteiger partial charge in [0, 0.05) is 36.9 Å². The first kappa shape index (κ1) is 19.2. The van der Waals surface area contributed by atoms with Crippen LogP contribution in [0.4, 0.5) is 14.9 Å². The fourth-order valence-electron chi connectivity index (χ4n) is 3.32. The zero-order valence-corrected chi connectivity index (χ0v) is 15.5. The Balaban J connectivity index is 1.42. The van der Waals surface area contributed by atoms with Crippen LogP contribution < -0.4 is 16.4 Å². The number of carbonyl (C=O) groups is 1. The predicted octanol–water partition coefficient (Wildman–Crippen LogP) is 3.11. The highest BCUT2D eigenvalue weighted by atomic mass is 19.1. The van der Waals surface area contributed by atoms with Crippen molar-refractivity contribution in [3.8, 4) is 0 Å². The molecule has 1 fully saturated rings. The Morgan fingerprint density at radius 3 is 2.48 bits per heavy atom. The number of urea groups is 1. The Kier molecular flexibility index (Phi) is 6.65. The summed E-state index contributed by atoms with van der Waals surface area (Å²) in [6.45, 7) is 2.24. The number of piperidine rings is 1. The monoisotopic (exact) mass is 370 g/mol. The quantitative estimate of drug-likeness (QED) is 0.732. The molecule has 2 aromatic carbocycles. The van der Waals surface area contributed by atoms with Gasteiger partial charge < -0.3 is 21.3 Å². The van der Waals surface area contributed by atoms with Crippen LogP contribution in [0.1, 0.15) is 24.0 Å². The predicted molar refractivity (Wildman–Crippen MR) is 106 cm³/mol. The van der Waals surface area contributed by atoms with Crippen LogP contribution in [0.15, 0.2) is 48.5 Å². The van der Waals surface area contributed by atoms with Crippen LogP contribution in [0.5, 0.6) is 0 Å². The van der Waals surface area contributed by atoms with Crippen molar-refractivity contribution < 1.29 is 9.18 Å². The highest BCUT2D eigenvalue weighted by Crippen LogP contribution is 2.18. The highest BCUT2D eigenvalue weighted by molar-refractivity contribution is 5.74. The Morgan fingerprint density at radius 1 is 1.11 bits per heavy atom. The van der Waals surface area contributed by atoms with Gasteiger partial charge in [0.2, 0.25) is 0 Å². The van der Waals surface area contributed by atoms with Crippen molar-refractivity contribution in [1.82, 2.24) is 10.2 Å². The highest BCUT2D eigenvalue weighted by Gasteiger charge is 2.22. The van der Waals surface area contributed by atoms with Gasteiger partial charge in [-0.1, -0.05) is 30.3 Å². The van der Waals surface area contributed by atoms with Crippen molar-refractivity contribution in [2.75, 3.05) is 25.0 Å². The molecule has 0 aromatic heterocycles. The molecule has 0 saturated carbocycles. The van der Waals surface area contributed by atoms with E-state index in [1.54, 1.807) is 23.1 Å². The lowest BCUT2D eigenvalue weighted by atomic mass is 10.0. The number of amides is 2. The first-order valence-electron chi connectivity index (χ1n) is 9.47. The van der Waals surface area contributed by atoms with E-state index >= 15 is 0 Å². The number of carbonyl (C=O) groups excluding carboxylic acids is 1. The number of hydrogen-bond donors (Lipinski definition) is 3. The van der Waals surface area contributed by atoms with Crippen LogP contribution in [-0.4, -0.2) is 36.6 Å². The molecule has 0 spiro atoms. The zero-order valence-electron chi connectivity index (χ0n) is 15.5. The Hall–Kier alpha value is -2.60. The molecule has 6 heteroatoms. The normalized spacial score (nSPS) is 14.8. The number of benzene rings is 2. The molecule has 1 heterocycles. The van der Waals surface area contributed by atoms with E-state index in [1.165, 1.54) is 11.6 Å². The van der Waals surface area contributed by atoms with Gasteiger partial charge in [-0.3, -0.25) is 0 Å². The summed E-state index contributed by atoms with van der Waals surface area (Å²) >= 11 is 0. The molecule has 0 radical (unpaired) electrons. The molecule has 144 valence electrons. The van der Waals surface area contributed by atoms with Gasteiger partial charge in [0.15, 0.2) is 0 Å². The maximum absolute atomic E-state index is 13.6. The molecular formula is C21H27FN4O. The molecule has 0 aliphatic carbocycles. The van der Waals surface area contributed by atoms with Gasteiger partial charge in [0.05, 0.1) is 0 Å². The van der Waals surface area contributed by atoms with Gasteiger partial charge in [-0.15, -0.1) is 0 Å². The lowest BCUT2D eigenvalue weighted by Gasteiger charge is -2.33. The second kappa shape index (κ2) is 9.37. The third-order valence-corrected chi connectivity index (χ3v) is 4.93. The summed E-state index contributed by atoms with van der Waals surface area (Å²) in [6, 6.07) is 15.1. The first-order chi connectivity index (χ1) is 13.2. The van der Waals surface area contributed by atoms with E-state index in [-0.39, 0.29) is 18.4 Å². The fourth-order valence-corrected chi connectivity index (χ4v) is 3.32. The Morgan fingerprint density at radius 2 is 1.81 bits per heavy atom. The minimum atomic E-state index is -0.293. The molecular weight excluding hydrogens is 343 g/mol. The summed E-state index contributed by atoms with van der Waals surface area (Å²) in [5.74, 6) is -0.293. The van der Waals surface area contributed by atoms with Crippen LogP contribution >= 0.6 is 0 Å². The second-order valence-corrected chi connectivity index (χ2v) is 6.89. The fraction of sp³-hybridized carbons (Fsp3) is 0.381. The van der Waals surface area contributed by atoms with Gasteiger partial charge in [0.1, 0.15) is 5.82 Å². The molecule has 1 saturated heterocycles. The van der Waals surface area contributed by atoms with Gasteiger partial charge >= 0.3 is 6.03 Å². The minimum Gasteiger partial charge on any atom is -0.382 e. The van der Waals surface area contributed by atoms with Gasteiger partial charge in [0.25, 0.3) is 0 Å². The summed E-state index contributed by atoms with van der Waals surface area (Å²) in [6.07, 6.45) is 2.66. The maximum Gasteiger partial charge on any atom is 0.317 e. The van der Waals surface area contributed by atoms with Gasteiger partial charge in [-0.05, 0) is 49.6 Å². The van der Waals surface area contributed by atoms with Crippen LogP contribution in [0, 0.1) is 5.82 Å². The summed E-state index contributed by atoms with van der Waals surface area (Å²) in [4.78, 5) is 14.1. The molecule has 3 rings (SSSR count). The average molecular weight is 370 g/mol. The summed E-state index contributed by atoms with van der Waals surface area (Å²) in [5, 5.41) is 6.34. The van der Waals surface area contributed by atoms with Crippen LogP contribution in [-0.2, 0) is 13.0 Å². The number of rotatable bonds is 6. The molecule has 1 aliphatic rings. The third kappa shape index (κ3) is 5.44. The molecule has 0 bridgehead atoms. The smallest absolute Gasteiger partial charge is 0.317 e. The van der Waals surface area contributed by atoms with Gasteiger partial charge in [-0.2, -0.15) is 0 Å². The molecule has 0 unspecified atom stereocenters. The molecule has 4 N–H and O–H groups in total. The van der Waals surface area contributed by atoms with E-state index in [4.69, 9.17) is 5.73 Å². The van der Waals surface area contributed by atoms with Gasteiger partial charge in [-0.25, -0.2) is 9.18 Å². The van der Waals surface area contributed by atoms with Crippen molar-refractivity contribution in [1.29, 1.82) is 0 Å². The van der Waals surface area contributed by atoms with Crippen molar-refractivity contribution in [2.24, 2.45) is 5.73 Å². The van der Waals surface area contributed by atoms with E-state index in [1.807, 2.05) is 0 Å². The molecule has 5 nitrogen and oxygen atoms in total. The van der Waals surface area contributed by atoms with Crippen molar-refractivity contribution >= 4 is 11.7 Å². The van der Waals surface area contributed by atoms with Crippen LogP contribution in [0.3, 0.4) is 0 Å². The minimum absolute atomic E-state index is 0.136. The number of hydrogen-bond acceptors (Lipinski definition) is 3. The molecule has 27 heavy (non-hydrogen) atoms. The standard InChI is InChI=1S/C21H27FN4O/c22-20-4-2-1-3-17(20)15-24-21(27)26-13-10-19(11-14-26)25-18-7-5-16(6-8-18)9-12-23/h1-8,19,25H,9-15,23H2,(H,24,27). The molecule has 0 atom stereocenters. The second-order valence-electron chi connectivity index (χ2n) is 6.89. The number of nitrogens with one attached hydrogen (secondary N) is 2. The molecule has 2 aromatic rings. The first-order valence-corrected chi connectivity index (χ1v) is 9.47. The average Bonchev–Trinajstić information content (AvgIpc) is 2.69. The number of likely N-dealkylation sites (tertiary alicyclic amines) is 1. The van der Waals surface area contributed by atoms with E-state index in [0.29, 0.717) is 31.2 Å². The van der Waals surface area contributed by atoms with E-state index < -0.39 is 0 Å². The van der Waals surface area contributed by atoms with Crippen LogP contribution in [0.2, 0.25) is 0 Å². The topological polar surface area (TPSA) is 70.4 Å². The van der Waals surface area contributed by atoms with E-state index in [2.05, 4.69) is 34.9 Å². The van der Waals surface area contributed by atoms with Crippen LogP contribution in [0.25, 0.3) is 0 Å². The largest absolute Gasteiger partial charge is 0.382 e. The maximum atomic E-state index is 13.6. The lowest BCUT2D eigenvalue weighted by Crippen LogP contribution is -2.46. The summed E-state index contributed by atoms with van der Waals surface area (Å²) < 4.78 is 13.6. The van der Waals surface area contributed by atoms with Crippen molar-refractivity contribution in [3.63, 3.8) is 0 Å². The number of anilines is 1. The Bertz CT molecular complexity index is 742. The number of halogens is 1. The lowest BCUT2D eigenvalue weighted by molar-refractivity contribution is 0.183.